The Morgan fingerprint density at radius 3 is 1.28 bits per heavy atom. The molecule has 0 saturated carbocycles. The number of carboxylic acids is 1. The molecular formula is C21H18ClO2P. The lowest BCUT2D eigenvalue weighted by Crippen LogP contribution is -3.00. The summed E-state index contributed by atoms with van der Waals surface area (Å²) in [4.78, 5) is 11.3. The van der Waals surface area contributed by atoms with Crippen LogP contribution in [0.25, 0.3) is 0 Å². The molecule has 4 heteroatoms. The predicted octanol–water partition coefficient (Wildman–Crippen LogP) is 0.583. The summed E-state index contributed by atoms with van der Waals surface area (Å²) in [5.74, 6) is 0.956. The number of rotatable bonds is 5. The lowest BCUT2D eigenvalue weighted by Gasteiger charge is -2.23. The Morgan fingerprint density at radius 2 is 1.00 bits per heavy atom. The summed E-state index contributed by atoms with van der Waals surface area (Å²) in [6.45, 7) is 0. The van der Waals surface area contributed by atoms with E-state index < -0.39 is 13.2 Å². The molecule has 3 aromatic carbocycles. The summed E-state index contributed by atoms with van der Waals surface area (Å²) in [7, 11) is -2.17. The Bertz CT molecular complexity index is 737. The Morgan fingerprint density at radius 1 is 0.680 bits per heavy atom. The van der Waals surface area contributed by atoms with Crippen LogP contribution in [-0.4, -0.2) is 11.1 Å². The van der Waals surface area contributed by atoms with Crippen LogP contribution >= 0.6 is 7.26 Å². The molecule has 3 aromatic rings. The van der Waals surface area contributed by atoms with Crippen LogP contribution in [0.3, 0.4) is 0 Å². The van der Waals surface area contributed by atoms with Crippen LogP contribution in [0.1, 0.15) is 0 Å². The molecule has 0 spiro atoms. The molecule has 0 fully saturated rings. The number of aliphatic carboxylic acids is 1. The van der Waals surface area contributed by atoms with Gasteiger partial charge >= 0.3 is 5.97 Å². The average molecular weight is 369 g/mol. The monoisotopic (exact) mass is 368 g/mol. The number of hydrogen-bond acceptors (Lipinski definition) is 1. The molecule has 0 heterocycles. The quantitative estimate of drug-likeness (QED) is 0.528. The van der Waals surface area contributed by atoms with Gasteiger partial charge in [0.05, 0.1) is 11.9 Å². The van der Waals surface area contributed by atoms with Crippen molar-refractivity contribution in [1.29, 1.82) is 0 Å². The summed E-state index contributed by atoms with van der Waals surface area (Å²) in [6, 6.07) is 30.5. The van der Waals surface area contributed by atoms with Gasteiger partial charge in [-0.2, -0.15) is 0 Å². The summed E-state index contributed by atoms with van der Waals surface area (Å²) in [6.07, 6.45) is 1.28. The fourth-order valence-corrected chi connectivity index (χ4v) is 6.56. The van der Waals surface area contributed by atoms with E-state index in [4.69, 9.17) is 0 Å². The molecule has 0 bridgehead atoms. The largest absolute Gasteiger partial charge is 1.00 e. The summed E-state index contributed by atoms with van der Waals surface area (Å²) >= 11 is 0. The highest BCUT2D eigenvalue weighted by Gasteiger charge is 2.43. The van der Waals surface area contributed by atoms with Crippen LogP contribution in [0.2, 0.25) is 0 Å². The van der Waals surface area contributed by atoms with Crippen molar-refractivity contribution < 1.29 is 22.3 Å². The van der Waals surface area contributed by atoms with E-state index >= 15 is 0 Å². The topological polar surface area (TPSA) is 37.3 Å². The van der Waals surface area contributed by atoms with E-state index in [1.165, 1.54) is 6.08 Å². The number of halogens is 1. The average Bonchev–Trinajstić information content (AvgIpc) is 2.65. The summed E-state index contributed by atoms with van der Waals surface area (Å²) in [5.41, 5.74) is 0. The van der Waals surface area contributed by atoms with Gasteiger partial charge in [0.1, 0.15) is 23.2 Å². The van der Waals surface area contributed by atoms with Crippen molar-refractivity contribution in [3.63, 3.8) is 0 Å². The molecule has 0 saturated heterocycles. The van der Waals surface area contributed by atoms with Crippen molar-refractivity contribution >= 4 is 29.1 Å². The van der Waals surface area contributed by atoms with Crippen molar-refractivity contribution in [2.45, 2.75) is 0 Å². The summed E-state index contributed by atoms with van der Waals surface area (Å²) < 4.78 is 0. The third-order valence-electron chi connectivity index (χ3n) is 3.93. The van der Waals surface area contributed by atoms with E-state index in [-0.39, 0.29) is 12.4 Å². The van der Waals surface area contributed by atoms with Gasteiger partial charge in [-0.05, 0) is 36.4 Å². The molecule has 0 radical (unpaired) electrons. The zero-order chi connectivity index (χ0) is 16.8. The second-order valence-electron chi connectivity index (χ2n) is 5.38. The van der Waals surface area contributed by atoms with E-state index in [2.05, 4.69) is 36.4 Å². The van der Waals surface area contributed by atoms with E-state index in [9.17, 15) is 9.90 Å². The molecule has 0 atom stereocenters. The van der Waals surface area contributed by atoms with Gasteiger partial charge in [0.15, 0.2) is 0 Å². The molecule has 3 rings (SSSR count). The first-order valence-electron chi connectivity index (χ1n) is 7.71. The zero-order valence-corrected chi connectivity index (χ0v) is 15.1. The Labute approximate surface area is 154 Å². The number of carboxylic acid groups (broad SMARTS) is 1. The van der Waals surface area contributed by atoms with Crippen LogP contribution in [0.5, 0.6) is 0 Å². The van der Waals surface area contributed by atoms with Gasteiger partial charge in [0.2, 0.25) is 0 Å². The highest BCUT2D eigenvalue weighted by Crippen LogP contribution is 2.56. The Hall–Kier alpha value is -2.41. The first-order valence-corrected chi connectivity index (χ1v) is 9.57. The molecule has 25 heavy (non-hydrogen) atoms. The van der Waals surface area contributed by atoms with Crippen LogP contribution in [0.4, 0.5) is 0 Å². The normalized spacial score (nSPS) is 11.0. The van der Waals surface area contributed by atoms with Crippen LogP contribution in [0.15, 0.2) is 103 Å². The van der Waals surface area contributed by atoms with Crippen molar-refractivity contribution in [1.82, 2.24) is 0 Å². The third-order valence-corrected chi connectivity index (χ3v) is 7.87. The van der Waals surface area contributed by atoms with Crippen molar-refractivity contribution in [2.75, 3.05) is 0 Å². The second-order valence-corrected chi connectivity index (χ2v) is 8.68. The van der Waals surface area contributed by atoms with Gasteiger partial charge < -0.3 is 17.5 Å². The Kier molecular flexibility index (Phi) is 6.52. The minimum absolute atomic E-state index is 0. The second kappa shape index (κ2) is 8.62. The minimum atomic E-state index is -2.17. The highest BCUT2D eigenvalue weighted by molar-refractivity contribution is 7.98. The molecule has 0 aromatic heterocycles. The number of hydrogen-bond donors (Lipinski definition) is 1. The lowest BCUT2D eigenvalue weighted by molar-refractivity contribution is -0.131. The molecule has 126 valence electrons. The first-order chi connectivity index (χ1) is 11.7. The standard InChI is InChI=1S/C21H17O2P.ClH/c22-21(23)16-17-24(18-10-4-1-5-11-18,19-12-6-2-7-13-19)20-14-8-3-9-15-20;/h1-17H;1H/b17-16+;. The molecule has 0 aliphatic rings. The molecule has 0 amide bonds. The van der Waals surface area contributed by atoms with E-state index in [1.54, 1.807) is 0 Å². The van der Waals surface area contributed by atoms with Crippen LogP contribution in [0, 0.1) is 0 Å². The van der Waals surface area contributed by atoms with E-state index in [0.29, 0.717) is 0 Å². The number of carbonyl (C=O) groups is 1. The zero-order valence-electron chi connectivity index (χ0n) is 13.5. The molecule has 0 unspecified atom stereocenters. The minimum Gasteiger partial charge on any atom is -1.00 e. The lowest BCUT2D eigenvalue weighted by atomic mass is 10.4. The smallest absolute Gasteiger partial charge is 0.331 e. The predicted molar refractivity (Wildman–Crippen MR) is 102 cm³/mol. The molecule has 1 N–H and O–H groups in total. The van der Waals surface area contributed by atoms with Crippen LogP contribution < -0.4 is 28.3 Å². The van der Waals surface area contributed by atoms with Crippen molar-refractivity contribution in [3.05, 3.63) is 103 Å². The van der Waals surface area contributed by atoms with Crippen molar-refractivity contribution in [2.24, 2.45) is 0 Å². The maximum Gasteiger partial charge on any atom is 0.331 e. The molecule has 0 aliphatic heterocycles. The van der Waals surface area contributed by atoms with Gasteiger partial charge in [-0.3, -0.25) is 0 Å². The van der Waals surface area contributed by atoms with Gasteiger partial charge in [-0.15, -0.1) is 0 Å². The van der Waals surface area contributed by atoms with Gasteiger partial charge in [0, 0.05) is 0 Å². The molecular weight excluding hydrogens is 351 g/mol. The highest BCUT2D eigenvalue weighted by atomic mass is 35.5. The van der Waals surface area contributed by atoms with Gasteiger partial charge in [0.25, 0.3) is 0 Å². The van der Waals surface area contributed by atoms with E-state index in [1.807, 2.05) is 60.4 Å². The maximum absolute atomic E-state index is 11.3. The van der Waals surface area contributed by atoms with E-state index in [0.717, 1.165) is 15.9 Å². The maximum atomic E-state index is 11.3. The van der Waals surface area contributed by atoms with Gasteiger partial charge in [-0.25, -0.2) is 4.79 Å². The fraction of sp³-hybridized carbons (Fsp3) is 0. The SMILES string of the molecule is O=C(O)/C=C/[P+](c1ccccc1)(c1ccccc1)c1ccccc1.[Cl-]. The first kappa shape index (κ1) is 18.9. The fourth-order valence-electron chi connectivity index (χ4n) is 2.87. The third kappa shape index (κ3) is 3.99. The summed E-state index contributed by atoms with van der Waals surface area (Å²) in [5, 5.41) is 12.7. The number of benzene rings is 3. The van der Waals surface area contributed by atoms with Crippen LogP contribution in [-0.2, 0) is 4.79 Å². The molecule has 2 nitrogen and oxygen atoms in total. The van der Waals surface area contributed by atoms with Crippen molar-refractivity contribution in [3.8, 4) is 0 Å². The van der Waals surface area contributed by atoms with Gasteiger partial charge in [-0.1, -0.05) is 54.6 Å². The molecule has 0 aliphatic carbocycles. The Balaban J connectivity index is 0.00000225.